The fourth-order valence-corrected chi connectivity index (χ4v) is 2.97. The van der Waals surface area contributed by atoms with Crippen molar-refractivity contribution in [3.05, 3.63) is 48.2 Å². The topological polar surface area (TPSA) is 155 Å². The standard InChI is InChI=1S/C20H25N9O/c1-12(2)27-17-5-19(24-8-15(17)16(22)10-28(23)9-13(3)30)29-11-26-18-4-14(6-21)7-25-20(18)29/h4-5,7-8,10-13,30H,9,22-23H2,1-3H3,(H,24,27)/b16-10-. The van der Waals surface area contributed by atoms with Crippen molar-refractivity contribution in [2.45, 2.75) is 32.9 Å². The Balaban J connectivity index is 2.03. The van der Waals surface area contributed by atoms with E-state index in [0.717, 1.165) is 5.69 Å². The largest absolute Gasteiger partial charge is 0.397 e. The Morgan fingerprint density at radius 1 is 1.30 bits per heavy atom. The Kier molecular flexibility index (Phi) is 6.15. The third kappa shape index (κ3) is 4.65. The first-order valence-corrected chi connectivity index (χ1v) is 9.45. The molecule has 0 amide bonds. The van der Waals surface area contributed by atoms with E-state index in [2.05, 4.69) is 26.3 Å². The summed E-state index contributed by atoms with van der Waals surface area (Å²) >= 11 is 0. The van der Waals surface area contributed by atoms with Crippen LogP contribution in [0.5, 0.6) is 0 Å². The van der Waals surface area contributed by atoms with Gasteiger partial charge in [0.15, 0.2) is 5.65 Å². The van der Waals surface area contributed by atoms with E-state index in [1.807, 2.05) is 19.9 Å². The number of aromatic nitrogens is 4. The van der Waals surface area contributed by atoms with E-state index >= 15 is 0 Å². The van der Waals surface area contributed by atoms with E-state index in [9.17, 15) is 5.11 Å². The van der Waals surface area contributed by atoms with Crippen molar-refractivity contribution < 1.29 is 5.11 Å². The highest BCUT2D eigenvalue weighted by molar-refractivity contribution is 5.77. The van der Waals surface area contributed by atoms with Crippen LogP contribution in [0.1, 0.15) is 31.9 Å². The summed E-state index contributed by atoms with van der Waals surface area (Å²) < 4.78 is 1.74. The smallest absolute Gasteiger partial charge is 0.165 e. The van der Waals surface area contributed by atoms with Crippen molar-refractivity contribution >= 4 is 22.5 Å². The summed E-state index contributed by atoms with van der Waals surface area (Å²) in [5.74, 6) is 6.49. The van der Waals surface area contributed by atoms with Crippen LogP contribution in [0.4, 0.5) is 5.69 Å². The number of anilines is 1. The molecule has 10 nitrogen and oxygen atoms in total. The lowest BCUT2D eigenvalue weighted by Crippen LogP contribution is -2.33. The maximum atomic E-state index is 9.49. The molecule has 0 spiro atoms. The van der Waals surface area contributed by atoms with Gasteiger partial charge in [-0.05, 0) is 26.8 Å². The van der Waals surface area contributed by atoms with Crippen molar-refractivity contribution in [1.29, 1.82) is 5.26 Å². The number of hydrogen-bond acceptors (Lipinski definition) is 9. The molecule has 1 atom stereocenters. The monoisotopic (exact) mass is 407 g/mol. The molecule has 0 saturated carbocycles. The van der Waals surface area contributed by atoms with Gasteiger partial charge in [0.1, 0.15) is 23.7 Å². The number of nitrogens with zero attached hydrogens (tertiary/aromatic N) is 6. The van der Waals surface area contributed by atoms with Crippen LogP contribution in [-0.4, -0.2) is 48.3 Å². The summed E-state index contributed by atoms with van der Waals surface area (Å²) in [6.07, 6.45) is 5.74. The fraction of sp³-hybridized carbons (Fsp3) is 0.300. The lowest BCUT2D eigenvalue weighted by molar-refractivity contribution is 0.152. The maximum absolute atomic E-state index is 9.49. The molecule has 0 aliphatic rings. The van der Waals surface area contributed by atoms with Crippen LogP contribution in [0.15, 0.2) is 37.1 Å². The van der Waals surface area contributed by atoms with Crippen LogP contribution in [0.25, 0.3) is 22.7 Å². The second-order valence-electron chi connectivity index (χ2n) is 7.31. The Morgan fingerprint density at radius 3 is 2.73 bits per heavy atom. The number of hydrazine groups is 1. The van der Waals surface area contributed by atoms with Gasteiger partial charge in [-0.25, -0.2) is 20.8 Å². The lowest BCUT2D eigenvalue weighted by atomic mass is 10.1. The number of aliphatic hydroxyl groups is 1. The molecule has 1 unspecified atom stereocenters. The van der Waals surface area contributed by atoms with E-state index in [1.165, 1.54) is 11.2 Å². The number of nitrogens with two attached hydrogens (primary N) is 2. The average Bonchev–Trinajstić information content (AvgIpc) is 3.09. The van der Waals surface area contributed by atoms with E-state index in [-0.39, 0.29) is 12.6 Å². The van der Waals surface area contributed by atoms with Crippen LogP contribution < -0.4 is 16.9 Å². The average molecular weight is 407 g/mol. The summed E-state index contributed by atoms with van der Waals surface area (Å²) in [7, 11) is 0. The molecule has 156 valence electrons. The number of nitriles is 1. The molecule has 3 heterocycles. The molecular formula is C20H25N9O. The van der Waals surface area contributed by atoms with Crippen LogP contribution >= 0.6 is 0 Å². The number of nitrogens with one attached hydrogen (secondary N) is 1. The number of fused-ring (bicyclic) bond motifs is 1. The summed E-state index contributed by atoms with van der Waals surface area (Å²) in [4.78, 5) is 13.2. The van der Waals surface area contributed by atoms with Crippen molar-refractivity contribution in [1.82, 2.24) is 24.5 Å². The highest BCUT2D eigenvalue weighted by atomic mass is 16.3. The normalized spacial score (nSPS) is 12.8. The minimum absolute atomic E-state index is 0.147. The second kappa shape index (κ2) is 8.77. The summed E-state index contributed by atoms with van der Waals surface area (Å²) in [5.41, 5.74) is 9.76. The molecule has 3 aromatic heterocycles. The number of aliphatic hydroxyl groups excluding tert-OH is 1. The highest BCUT2D eigenvalue weighted by Crippen LogP contribution is 2.25. The zero-order valence-corrected chi connectivity index (χ0v) is 17.1. The number of pyridine rings is 2. The SMILES string of the molecule is CC(O)CN(N)/C=C(\N)c1cnc(-n2cnc3cc(C#N)cnc32)cc1NC(C)C. The van der Waals surface area contributed by atoms with Crippen molar-refractivity contribution in [3.63, 3.8) is 0 Å². The van der Waals surface area contributed by atoms with Crippen LogP contribution in [0.3, 0.4) is 0 Å². The molecule has 3 aromatic rings. The number of hydrogen-bond donors (Lipinski definition) is 4. The van der Waals surface area contributed by atoms with Gasteiger partial charge in [-0.1, -0.05) is 0 Å². The van der Waals surface area contributed by atoms with Gasteiger partial charge in [0, 0.05) is 42.0 Å². The van der Waals surface area contributed by atoms with Gasteiger partial charge in [0.2, 0.25) is 0 Å². The molecule has 0 saturated heterocycles. The van der Waals surface area contributed by atoms with E-state index in [1.54, 1.807) is 36.3 Å². The zero-order valence-electron chi connectivity index (χ0n) is 17.1. The van der Waals surface area contributed by atoms with Crippen LogP contribution in [-0.2, 0) is 0 Å². The molecule has 0 aromatic carbocycles. The minimum Gasteiger partial charge on any atom is -0.397 e. The predicted octanol–water partition coefficient (Wildman–Crippen LogP) is 1.32. The van der Waals surface area contributed by atoms with Crippen molar-refractivity contribution in [2.24, 2.45) is 11.6 Å². The van der Waals surface area contributed by atoms with Crippen LogP contribution in [0.2, 0.25) is 0 Å². The third-order valence-corrected chi connectivity index (χ3v) is 4.19. The van der Waals surface area contributed by atoms with E-state index < -0.39 is 6.10 Å². The first-order valence-electron chi connectivity index (χ1n) is 9.45. The lowest BCUT2D eigenvalue weighted by Gasteiger charge is -2.19. The predicted molar refractivity (Wildman–Crippen MR) is 115 cm³/mol. The summed E-state index contributed by atoms with van der Waals surface area (Å²) in [6.45, 7) is 5.93. The van der Waals surface area contributed by atoms with Crippen molar-refractivity contribution in [2.75, 3.05) is 11.9 Å². The molecule has 0 fully saturated rings. The molecule has 0 aliphatic heterocycles. The number of imidazole rings is 1. The Bertz CT molecular complexity index is 1110. The van der Waals surface area contributed by atoms with Gasteiger partial charge >= 0.3 is 0 Å². The van der Waals surface area contributed by atoms with Gasteiger partial charge in [-0.15, -0.1) is 0 Å². The molecule has 30 heavy (non-hydrogen) atoms. The fourth-order valence-electron chi connectivity index (χ4n) is 2.97. The summed E-state index contributed by atoms with van der Waals surface area (Å²) in [6, 6.07) is 5.74. The maximum Gasteiger partial charge on any atom is 0.165 e. The first kappa shape index (κ1) is 21.0. The highest BCUT2D eigenvalue weighted by Gasteiger charge is 2.14. The van der Waals surface area contributed by atoms with Gasteiger partial charge in [-0.2, -0.15) is 5.26 Å². The minimum atomic E-state index is -0.587. The molecule has 0 aliphatic carbocycles. The quantitative estimate of drug-likeness (QED) is 0.335. The Hall–Kier alpha value is -3.68. The molecule has 0 bridgehead atoms. The van der Waals surface area contributed by atoms with Gasteiger partial charge in [-0.3, -0.25) is 4.57 Å². The zero-order chi connectivity index (χ0) is 21.8. The van der Waals surface area contributed by atoms with Crippen molar-refractivity contribution in [3.8, 4) is 11.9 Å². The van der Waals surface area contributed by atoms with Gasteiger partial charge in [0.25, 0.3) is 0 Å². The molecule has 0 radical (unpaired) electrons. The van der Waals surface area contributed by atoms with Gasteiger partial charge < -0.3 is 21.2 Å². The summed E-state index contributed by atoms with van der Waals surface area (Å²) in [5, 5.41) is 23.2. The first-order chi connectivity index (χ1) is 14.3. The van der Waals surface area contributed by atoms with E-state index in [4.69, 9.17) is 16.8 Å². The van der Waals surface area contributed by atoms with E-state index in [0.29, 0.717) is 33.8 Å². The second-order valence-corrected chi connectivity index (χ2v) is 7.31. The Labute approximate surface area is 174 Å². The third-order valence-electron chi connectivity index (χ3n) is 4.19. The number of rotatable bonds is 7. The van der Waals surface area contributed by atoms with Gasteiger partial charge in [0.05, 0.1) is 23.9 Å². The molecular weight excluding hydrogens is 382 g/mol. The van der Waals surface area contributed by atoms with Crippen LogP contribution in [0, 0.1) is 11.3 Å². The molecule has 3 rings (SSSR count). The molecule has 10 heteroatoms. The Morgan fingerprint density at radius 2 is 2.07 bits per heavy atom. The molecule has 6 N–H and O–H groups in total.